The lowest BCUT2D eigenvalue weighted by atomic mass is 10.1. The van der Waals surface area contributed by atoms with Gasteiger partial charge >= 0.3 is 5.97 Å². The Hall–Kier alpha value is -2.19. The van der Waals surface area contributed by atoms with Gasteiger partial charge in [-0.3, -0.25) is 19.3 Å². The van der Waals surface area contributed by atoms with Crippen LogP contribution in [-0.2, 0) is 14.4 Å². The van der Waals surface area contributed by atoms with Crippen LogP contribution in [0.3, 0.4) is 0 Å². The number of nitrogens with one attached hydrogen (secondary N) is 1. The maximum Gasteiger partial charge on any atom is 0.303 e. The first-order valence-electron chi connectivity index (χ1n) is 7.67. The summed E-state index contributed by atoms with van der Waals surface area (Å²) in [5.41, 5.74) is 2.02. The molecule has 132 valence electrons. The fourth-order valence-electron chi connectivity index (χ4n) is 2.12. The van der Waals surface area contributed by atoms with E-state index in [0.717, 1.165) is 11.1 Å². The number of thiocarbonyl (C=S) groups is 1. The molecule has 2 rings (SSSR count). The summed E-state index contributed by atoms with van der Waals surface area (Å²) in [5.74, 6) is -1.57. The molecular formula is C17H18N2O4S2. The van der Waals surface area contributed by atoms with Crippen molar-refractivity contribution < 1.29 is 19.5 Å². The molecule has 0 radical (unpaired) electrons. The van der Waals surface area contributed by atoms with Crippen LogP contribution >= 0.6 is 24.0 Å². The summed E-state index contributed by atoms with van der Waals surface area (Å²) in [6.45, 7) is 2.07. The van der Waals surface area contributed by atoms with E-state index in [4.69, 9.17) is 17.3 Å². The number of aliphatic carboxylic acids is 1. The maximum atomic E-state index is 12.4. The number of carboxylic acid groups (broad SMARTS) is 1. The van der Waals surface area contributed by atoms with Gasteiger partial charge in [-0.1, -0.05) is 53.8 Å². The third kappa shape index (κ3) is 5.68. The van der Waals surface area contributed by atoms with Crippen LogP contribution in [0.4, 0.5) is 0 Å². The van der Waals surface area contributed by atoms with E-state index in [1.165, 1.54) is 16.7 Å². The molecule has 2 N–H and O–H groups in total. The Morgan fingerprint density at radius 3 is 2.64 bits per heavy atom. The molecule has 0 saturated carbocycles. The van der Waals surface area contributed by atoms with Crippen LogP contribution in [0.2, 0.25) is 0 Å². The van der Waals surface area contributed by atoms with Crippen molar-refractivity contribution >= 4 is 52.2 Å². The predicted molar refractivity (Wildman–Crippen MR) is 101 cm³/mol. The van der Waals surface area contributed by atoms with Gasteiger partial charge in [0, 0.05) is 13.0 Å². The van der Waals surface area contributed by atoms with Crippen LogP contribution in [0.5, 0.6) is 0 Å². The summed E-state index contributed by atoms with van der Waals surface area (Å²) < 4.78 is 0.337. The number of amides is 2. The number of rotatable bonds is 7. The second-order valence-corrected chi connectivity index (χ2v) is 7.20. The van der Waals surface area contributed by atoms with E-state index < -0.39 is 5.97 Å². The minimum atomic E-state index is -0.910. The molecule has 0 aromatic heterocycles. The topological polar surface area (TPSA) is 86.7 Å². The molecule has 8 heteroatoms. The zero-order valence-electron chi connectivity index (χ0n) is 13.7. The van der Waals surface area contributed by atoms with Crippen LogP contribution in [0.25, 0.3) is 6.08 Å². The summed E-state index contributed by atoms with van der Waals surface area (Å²) in [6.07, 6.45) is 2.08. The van der Waals surface area contributed by atoms with Crippen molar-refractivity contribution in [3.05, 3.63) is 40.3 Å². The summed E-state index contributed by atoms with van der Waals surface area (Å²) in [7, 11) is 0. The number of hydrogen-bond acceptors (Lipinski definition) is 5. The zero-order chi connectivity index (χ0) is 18.4. The standard InChI is InChI=1S/C17H18N2O4S2/c1-11-4-6-12(7-5-11)9-13-16(23)19(17(24)25-13)10-14(20)18-8-2-3-15(21)22/h4-7,9H,2-3,8,10H2,1H3,(H,18,20)(H,21,22)/b13-9-. The quantitative estimate of drug-likeness (QED) is 0.430. The van der Waals surface area contributed by atoms with E-state index in [2.05, 4.69) is 5.32 Å². The molecule has 25 heavy (non-hydrogen) atoms. The average molecular weight is 378 g/mol. The third-order valence-electron chi connectivity index (χ3n) is 3.44. The SMILES string of the molecule is Cc1ccc(/C=C2\SC(=S)N(CC(=O)NCCCC(=O)O)C2=O)cc1. The van der Waals surface area contributed by atoms with E-state index in [9.17, 15) is 14.4 Å². The van der Waals surface area contributed by atoms with Gasteiger partial charge in [-0.2, -0.15) is 0 Å². The van der Waals surface area contributed by atoms with Crippen LogP contribution in [0.15, 0.2) is 29.2 Å². The molecule has 1 aromatic carbocycles. The van der Waals surface area contributed by atoms with Crippen LogP contribution < -0.4 is 5.32 Å². The van der Waals surface area contributed by atoms with Crippen molar-refractivity contribution in [1.82, 2.24) is 10.2 Å². The molecule has 6 nitrogen and oxygen atoms in total. The van der Waals surface area contributed by atoms with Crippen molar-refractivity contribution in [3.8, 4) is 0 Å². The van der Waals surface area contributed by atoms with Gasteiger partial charge in [-0.15, -0.1) is 0 Å². The highest BCUT2D eigenvalue weighted by molar-refractivity contribution is 8.26. The van der Waals surface area contributed by atoms with Gasteiger partial charge in [0.2, 0.25) is 5.91 Å². The summed E-state index contributed by atoms with van der Waals surface area (Å²) in [5, 5.41) is 11.1. The third-order valence-corrected chi connectivity index (χ3v) is 4.82. The van der Waals surface area contributed by atoms with Gasteiger partial charge in [-0.05, 0) is 25.0 Å². The Morgan fingerprint density at radius 1 is 1.32 bits per heavy atom. The molecule has 1 aliphatic heterocycles. The minimum Gasteiger partial charge on any atom is -0.481 e. The van der Waals surface area contributed by atoms with Gasteiger partial charge in [-0.25, -0.2) is 0 Å². The smallest absolute Gasteiger partial charge is 0.303 e. The Bertz CT molecular complexity index is 729. The van der Waals surface area contributed by atoms with Crippen molar-refractivity contribution in [2.75, 3.05) is 13.1 Å². The molecule has 2 amide bonds. The lowest BCUT2D eigenvalue weighted by molar-refractivity contribution is -0.137. The Kier molecular flexibility index (Phi) is 6.72. The van der Waals surface area contributed by atoms with Crippen molar-refractivity contribution in [1.29, 1.82) is 0 Å². The average Bonchev–Trinajstić information content (AvgIpc) is 2.81. The Labute approximate surface area is 155 Å². The molecule has 1 aliphatic rings. The van der Waals surface area contributed by atoms with Crippen LogP contribution in [0.1, 0.15) is 24.0 Å². The van der Waals surface area contributed by atoms with Gasteiger partial charge in [0.05, 0.1) is 4.91 Å². The Balaban J connectivity index is 1.93. The molecule has 1 heterocycles. The van der Waals surface area contributed by atoms with Crippen molar-refractivity contribution in [2.24, 2.45) is 0 Å². The summed E-state index contributed by atoms with van der Waals surface area (Å²) in [6, 6.07) is 7.74. The molecule has 0 atom stereocenters. The van der Waals surface area contributed by atoms with Gasteiger partial charge in [0.1, 0.15) is 10.9 Å². The van der Waals surface area contributed by atoms with E-state index in [0.29, 0.717) is 15.6 Å². The van der Waals surface area contributed by atoms with Crippen LogP contribution in [0, 0.1) is 6.92 Å². The van der Waals surface area contributed by atoms with Crippen molar-refractivity contribution in [3.63, 3.8) is 0 Å². The first-order chi connectivity index (χ1) is 11.9. The molecule has 1 aromatic rings. The number of hydrogen-bond donors (Lipinski definition) is 2. The normalized spacial score (nSPS) is 15.7. The number of nitrogens with zero attached hydrogens (tertiary/aromatic N) is 1. The summed E-state index contributed by atoms with van der Waals surface area (Å²) in [4.78, 5) is 36.5. The monoisotopic (exact) mass is 378 g/mol. The Morgan fingerprint density at radius 2 is 2.00 bits per heavy atom. The van der Waals surface area contributed by atoms with E-state index in [1.807, 2.05) is 31.2 Å². The number of carbonyl (C=O) groups is 3. The van der Waals surface area contributed by atoms with E-state index in [-0.39, 0.29) is 31.3 Å². The lowest BCUT2D eigenvalue weighted by Gasteiger charge is -2.13. The van der Waals surface area contributed by atoms with Gasteiger partial charge < -0.3 is 10.4 Å². The molecule has 1 fully saturated rings. The van der Waals surface area contributed by atoms with E-state index in [1.54, 1.807) is 6.08 Å². The second-order valence-electron chi connectivity index (χ2n) is 5.53. The molecule has 0 unspecified atom stereocenters. The summed E-state index contributed by atoms with van der Waals surface area (Å²) >= 11 is 6.36. The van der Waals surface area contributed by atoms with Crippen LogP contribution in [-0.4, -0.2) is 45.2 Å². The number of thioether (sulfide) groups is 1. The highest BCUT2D eigenvalue weighted by Gasteiger charge is 2.33. The molecule has 1 saturated heterocycles. The first kappa shape index (κ1) is 19.1. The second kappa shape index (κ2) is 8.77. The number of aryl methyl sites for hydroxylation is 1. The first-order valence-corrected chi connectivity index (χ1v) is 8.90. The minimum absolute atomic E-state index is 0.0133. The fraction of sp³-hybridized carbons (Fsp3) is 0.294. The van der Waals surface area contributed by atoms with Gasteiger partial charge in [0.25, 0.3) is 5.91 Å². The molecular weight excluding hydrogens is 360 g/mol. The van der Waals surface area contributed by atoms with E-state index >= 15 is 0 Å². The largest absolute Gasteiger partial charge is 0.481 e. The number of carbonyl (C=O) groups excluding carboxylic acids is 2. The maximum absolute atomic E-state index is 12.4. The highest BCUT2D eigenvalue weighted by atomic mass is 32.2. The molecule has 0 spiro atoms. The van der Waals surface area contributed by atoms with Crippen molar-refractivity contribution in [2.45, 2.75) is 19.8 Å². The highest BCUT2D eigenvalue weighted by Crippen LogP contribution is 2.32. The lowest BCUT2D eigenvalue weighted by Crippen LogP contribution is -2.39. The predicted octanol–water partition coefficient (Wildman–Crippen LogP) is 2.18. The van der Waals surface area contributed by atoms with Gasteiger partial charge in [0.15, 0.2) is 0 Å². The number of carboxylic acids is 1. The fourth-order valence-corrected chi connectivity index (χ4v) is 3.37. The molecule has 0 bridgehead atoms. The number of benzene rings is 1. The molecule has 0 aliphatic carbocycles. The zero-order valence-corrected chi connectivity index (χ0v) is 15.3.